The minimum atomic E-state index is 0. The molecule has 0 aromatic heterocycles. The van der Waals surface area contributed by atoms with Crippen molar-refractivity contribution in [2.75, 3.05) is 66.9 Å². The normalized spacial score (nSPS) is 18.1. The Labute approximate surface area is 150 Å². The number of guanidine groups is 1. The highest BCUT2D eigenvalue weighted by Crippen LogP contribution is 2.07. The summed E-state index contributed by atoms with van der Waals surface area (Å²) < 4.78 is 21.2. The molecule has 132 valence electrons. The Morgan fingerprint density at radius 3 is 2.68 bits per heavy atom. The molecule has 0 aromatic rings. The maximum atomic E-state index is 5.70. The van der Waals surface area contributed by atoms with Gasteiger partial charge in [0.05, 0.1) is 32.5 Å². The molecule has 1 aliphatic heterocycles. The van der Waals surface area contributed by atoms with Crippen LogP contribution in [0.15, 0.2) is 4.99 Å². The lowest BCUT2D eigenvalue weighted by Crippen LogP contribution is -2.39. The molecule has 1 fully saturated rings. The standard InChI is InChI=1S/C14H29N3O4.HI/c1-15-14(17-6-9-19-11-10-18-2)16-5-3-7-21-13-4-8-20-12-13;/h13H,3-12H2,1-2H3,(H2,15,16,17);1H. The number of nitrogens with zero attached hydrogens (tertiary/aromatic N) is 1. The van der Waals surface area contributed by atoms with Gasteiger partial charge in [0.15, 0.2) is 5.96 Å². The van der Waals surface area contributed by atoms with Crippen LogP contribution in [-0.4, -0.2) is 79.0 Å². The van der Waals surface area contributed by atoms with E-state index in [4.69, 9.17) is 18.9 Å². The Balaban J connectivity index is 0.00000441. The molecule has 1 saturated heterocycles. The van der Waals surface area contributed by atoms with E-state index >= 15 is 0 Å². The molecule has 2 N–H and O–H groups in total. The molecule has 0 radical (unpaired) electrons. The second-order valence-electron chi connectivity index (χ2n) is 4.74. The molecule has 8 heteroatoms. The maximum absolute atomic E-state index is 5.70. The fraction of sp³-hybridized carbons (Fsp3) is 0.929. The molecule has 0 amide bonds. The first kappa shape index (κ1) is 21.8. The van der Waals surface area contributed by atoms with Crippen molar-refractivity contribution in [3.63, 3.8) is 0 Å². The number of hydrogen-bond donors (Lipinski definition) is 2. The lowest BCUT2D eigenvalue weighted by molar-refractivity contribution is 0.0419. The maximum Gasteiger partial charge on any atom is 0.191 e. The van der Waals surface area contributed by atoms with Gasteiger partial charge in [-0.05, 0) is 12.8 Å². The highest BCUT2D eigenvalue weighted by Gasteiger charge is 2.15. The number of methoxy groups -OCH3 is 1. The van der Waals surface area contributed by atoms with Crippen LogP contribution in [-0.2, 0) is 18.9 Å². The second-order valence-corrected chi connectivity index (χ2v) is 4.74. The largest absolute Gasteiger partial charge is 0.382 e. The molecule has 1 aliphatic rings. The van der Waals surface area contributed by atoms with Crippen LogP contribution >= 0.6 is 24.0 Å². The first-order valence-corrected chi connectivity index (χ1v) is 7.57. The molecule has 0 aliphatic carbocycles. The molecular weight excluding hydrogens is 401 g/mol. The zero-order valence-electron chi connectivity index (χ0n) is 13.6. The summed E-state index contributed by atoms with van der Waals surface area (Å²) in [5.41, 5.74) is 0. The number of rotatable bonds is 11. The van der Waals surface area contributed by atoms with E-state index in [1.807, 2.05) is 0 Å². The summed E-state index contributed by atoms with van der Waals surface area (Å²) in [6, 6.07) is 0. The van der Waals surface area contributed by atoms with Gasteiger partial charge in [0, 0.05) is 40.5 Å². The fourth-order valence-corrected chi connectivity index (χ4v) is 1.88. The van der Waals surface area contributed by atoms with Gasteiger partial charge in [-0.25, -0.2) is 0 Å². The van der Waals surface area contributed by atoms with Crippen LogP contribution in [0.2, 0.25) is 0 Å². The predicted octanol–water partition coefficient (Wildman–Crippen LogP) is 0.628. The van der Waals surface area contributed by atoms with Crippen LogP contribution in [0.1, 0.15) is 12.8 Å². The van der Waals surface area contributed by atoms with E-state index < -0.39 is 0 Å². The van der Waals surface area contributed by atoms with Gasteiger partial charge in [0.2, 0.25) is 0 Å². The second kappa shape index (κ2) is 15.7. The van der Waals surface area contributed by atoms with E-state index in [2.05, 4.69) is 15.6 Å². The van der Waals surface area contributed by atoms with Gasteiger partial charge in [0.25, 0.3) is 0 Å². The number of halogens is 1. The molecule has 1 unspecified atom stereocenters. The summed E-state index contributed by atoms with van der Waals surface area (Å²) in [6.45, 7) is 5.74. The minimum Gasteiger partial charge on any atom is -0.382 e. The van der Waals surface area contributed by atoms with Gasteiger partial charge in [-0.15, -0.1) is 24.0 Å². The van der Waals surface area contributed by atoms with Crippen molar-refractivity contribution in [3.8, 4) is 0 Å². The lowest BCUT2D eigenvalue weighted by atomic mass is 10.3. The molecular formula is C14H30IN3O4. The third-order valence-corrected chi connectivity index (χ3v) is 3.05. The minimum absolute atomic E-state index is 0. The smallest absolute Gasteiger partial charge is 0.191 e. The van der Waals surface area contributed by atoms with Gasteiger partial charge in [-0.1, -0.05) is 0 Å². The number of aliphatic imine (C=N–C) groups is 1. The highest BCUT2D eigenvalue weighted by atomic mass is 127. The molecule has 0 aromatic carbocycles. The molecule has 7 nitrogen and oxygen atoms in total. The first-order chi connectivity index (χ1) is 10.4. The van der Waals surface area contributed by atoms with Gasteiger partial charge in [-0.2, -0.15) is 0 Å². The Morgan fingerprint density at radius 2 is 2.00 bits per heavy atom. The molecule has 0 bridgehead atoms. The summed E-state index contributed by atoms with van der Waals surface area (Å²) in [5.74, 6) is 0.787. The fourth-order valence-electron chi connectivity index (χ4n) is 1.88. The predicted molar refractivity (Wildman–Crippen MR) is 97.3 cm³/mol. The van der Waals surface area contributed by atoms with Crippen LogP contribution in [0.5, 0.6) is 0 Å². The van der Waals surface area contributed by atoms with Gasteiger partial charge in [0.1, 0.15) is 0 Å². The molecule has 1 rings (SSSR count). The average Bonchev–Trinajstić information content (AvgIpc) is 3.01. The third kappa shape index (κ3) is 11.4. The lowest BCUT2D eigenvalue weighted by Gasteiger charge is -2.13. The molecule has 1 atom stereocenters. The highest BCUT2D eigenvalue weighted by molar-refractivity contribution is 14.0. The van der Waals surface area contributed by atoms with E-state index in [1.165, 1.54) is 0 Å². The Morgan fingerprint density at radius 1 is 1.18 bits per heavy atom. The zero-order valence-corrected chi connectivity index (χ0v) is 16.0. The Kier molecular flexibility index (Phi) is 15.6. The number of hydrogen-bond acceptors (Lipinski definition) is 5. The summed E-state index contributed by atoms with van der Waals surface area (Å²) in [7, 11) is 3.42. The van der Waals surface area contributed by atoms with Crippen LogP contribution in [0.3, 0.4) is 0 Å². The topological polar surface area (TPSA) is 73.3 Å². The van der Waals surface area contributed by atoms with E-state index in [0.29, 0.717) is 19.8 Å². The van der Waals surface area contributed by atoms with Crippen LogP contribution in [0.4, 0.5) is 0 Å². The summed E-state index contributed by atoms with van der Waals surface area (Å²) in [6.07, 6.45) is 2.24. The zero-order chi connectivity index (χ0) is 15.2. The first-order valence-electron chi connectivity index (χ1n) is 7.57. The summed E-state index contributed by atoms with van der Waals surface area (Å²) in [5, 5.41) is 6.43. The van der Waals surface area contributed by atoms with Crippen molar-refractivity contribution >= 4 is 29.9 Å². The SMILES string of the molecule is CN=C(NCCCOC1CCOC1)NCCOCCOC.I. The van der Waals surface area contributed by atoms with Crippen LogP contribution in [0.25, 0.3) is 0 Å². The van der Waals surface area contributed by atoms with E-state index in [1.54, 1.807) is 14.2 Å². The van der Waals surface area contributed by atoms with E-state index in [0.717, 1.165) is 51.7 Å². The molecule has 22 heavy (non-hydrogen) atoms. The quantitative estimate of drug-likeness (QED) is 0.217. The van der Waals surface area contributed by atoms with Crippen LogP contribution in [0, 0.1) is 0 Å². The van der Waals surface area contributed by atoms with Gasteiger partial charge >= 0.3 is 0 Å². The van der Waals surface area contributed by atoms with Crippen molar-refractivity contribution in [3.05, 3.63) is 0 Å². The van der Waals surface area contributed by atoms with Gasteiger partial charge in [-0.3, -0.25) is 4.99 Å². The molecule has 0 spiro atoms. The van der Waals surface area contributed by atoms with Crippen molar-refractivity contribution < 1.29 is 18.9 Å². The number of nitrogens with one attached hydrogen (secondary N) is 2. The number of ether oxygens (including phenoxy) is 4. The van der Waals surface area contributed by atoms with Gasteiger partial charge < -0.3 is 29.6 Å². The summed E-state index contributed by atoms with van der Waals surface area (Å²) in [4.78, 5) is 4.15. The van der Waals surface area contributed by atoms with Crippen LogP contribution < -0.4 is 10.6 Å². The summed E-state index contributed by atoms with van der Waals surface area (Å²) >= 11 is 0. The monoisotopic (exact) mass is 431 g/mol. The van der Waals surface area contributed by atoms with Crippen molar-refractivity contribution in [1.82, 2.24) is 10.6 Å². The van der Waals surface area contributed by atoms with Crippen molar-refractivity contribution in [2.24, 2.45) is 4.99 Å². The Bertz CT molecular complexity index is 277. The van der Waals surface area contributed by atoms with Crippen molar-refractivity contribution in [2.45, 2.75) is 18.9 Å². The average molecular weight is 431 g/mol. The Hall–Kier alpha value is -0.160. The van der Waals surface area contributed by atoms with E-state index in [9.17, 15) is 0 Å². The molecule has 0 saturated carbocycles. The third-order valence-electron chi connectivity index (χ3n) is 3.05. The molecule has 1 heterocycles. The van der Waals surface area contributed by atoms with E-state index in [-0.39, 0.29) is 30.1 Å². The van der Waals surface area contributed by atoms with Crippen molar-refractivity contribution in [1.29, 1.82) is 0 Å².